The average molecular weight is 190 g/mol. The van der Waals surface area contributed by atoms with Crippen molar-refractivity contribution in [3.8, 4) is 0 Å². The second kappa shape index (κ2) is 3.06. The number of nitrogens with zero attached hydrogens (tertiary/aromatic N) is 2. The van der Waals surface area contributed by atoms with Gasteiger partial charge in [0.05, 0.1) is 5.52 Å². The number of pyridine rings is 1. The van der Waals surface area contributed by atoms with E-state index >= 15 is 0 Å². The molecule has 1 heterocycles. The van der Waals surface area contributed by atoms with E-state index in [4.69, 9.17) is 5.21 Å². The van der Waals surface area contributed by atoms with Crippen LogP contribution in [0.2, 0.25) is 0 Å². The summed E-state index contributed by atoms with van der Waals surface area (Å²) in [6.07, 6.45) is 1.44. The molecule has 0 aliphatic carbocycles. The van der Waals surface area contributed by atoms with Crippen molar-refractivity contribution >= 4 is 10.9 Å². The SMILES string of the molecule is Cc1ccc2c(c1)/c(=N\O)ccn2O. The molecule has 0 amide bonds. The Morgan fingerprint density at radius 3 is 2.79 bits per heavy atom. The fourth-order valence-electron chi connectivity index (χ4n) is 1.45. The van der Waals surface area contributed by atoms with Gasteiger partial charge in [0.25, 0.3) is 0 Å². The van der Waals surface area contributed by atoms with Crippen molar-refractivity contribution < 1.29 is 10.4 Å². The molecule has 4 heteroatoms. The predicted molar refractivity (Wildman–Crippen MR) is 51.2 cm³/mol. The van der Waals surface area contributed by atoms with Crippen LogP contribution in [0.5, 0.6) is 0 Å². The standard InChI is InChI=1S/C10H10N2O2/c1-7-2-3-10-8(6-7)9(11-13)4-5-12(10)14/h2-6,13-14H,1H3/b11-9-. The largest absolute Gasteiger partial charge is 0.428 e. The van der Waals surface area contributed by atoms with Gasteiger partial charge in [-0.2, -0.15) is 4.73 Å². The van der Waals surface area contributed by atoms with E-state index in [0.717, 1.165) is 15.7 Å². The lowest BCUT2D eigenvalue weighted by Crippen LogP contribution is -2.07. The number of aromatic nitrogens is 1. The summed E-state index contributed by atoms with van der Waals surface area (Å²) in [7, 11) is 0. The molecule has 0 radical (unpaired) electrons. The van der Waals surface area contributed by atoms with Crippen molar-refractivity contribution in [2.24, 2.45) is 5.16 Å². The van der Waals surface area contributed by atoms with Crippen molar-refractivity contribution in [2.45, 2.75) is 6.92 Å². The number of hydrogen-bond donors (Lipinski definition) is 2. The molecule has 0 saturated heterocycles. The van der Waals surface area contributed by atoms with E-state index in [-0.39, 0.29) is 0 Å². The van der Waals surface area contributed by atoms with E-state index in [0.29, 0.717) is 10.9 Å². The minimum absolute atomic E-state index is 0.453. The number of benzene rings is 1. The molecule has 0 fully saturated rings. The van der Waals surface area contributed by atoms with Crippen LogP contribution in [0, 0.1) is 6.92 Å². The summed E-state index contributed by atoms with van der Waals surface area (Å²) in [5.41, 5.74) is 1.67. The number of aryl methyl sites for hydroxylation is 1. The molecule has 4 nitrogen and oxygen atoms in total. The first-order chi connectivity index (χ1) is 6.72. The fraction of sp³-hybridized carbons (Fsp3) is 0.100. The van der Waals surface area contributed by atoms with Gasteiger partial charge in [-0.15, -0.1) is 0 Å². The number of fused-ring (bicyclic) bond motifs is 1. The van der Waals surface area contributed by atoms with E-state index in [9.17, 15) is 5.21 Å². The third-order valence-corrected chi connectivity index (χ3v) is 2.16. The van der Waals surface area contributed by atoms with Crippen molar-refractivity contribution in [3.63, 3.8) is 0 Å². The summed E-state index contributed by atoms with van der Waals surface area (Å²) in [5, 5.41) is 22.6. The van der Waals surface area contributed by atoms with Crippen molar-refractivity contribution in [1.82, 2.24) is 4.73 Å². The average Bonchev–Trinajstić information content (AvgIpc) is 2.18. The van der Waals surface area contributed by atoms with Crippen LogP contribution in [0.15, 0.2) is 35.6 Å². The Hall–Kier alpha value is -1.97. The monoisotopic (exact) mass is 190 g/mol. The Balaban J connectivity index is 3.00. The van der Waals surface area contributed by atoms with Gasteiger partial charge in [-0.1, -0.05) is 16.8 Å². The molecule has 72 valence electrons. The van der Waals surface area contributed by atoms with Gasteiger partial charge >= 0.3 is 0 Å². The maximum Gasteiger partial charge on any atom is 0.113 e. The Morgan fingerprint density at radius 1 is 1.29 bits per heavy atom. The van der Waals surface area contributed by atoms with Crippen LogP contribution in [-0.4, -0.2) is 15.1 Å². The van der Waals surface area contributed by atoms with Crippen LogP contribution in [0.4, 0.5) is 0 Å². The van der Waals surface area contributed by atoms with Gasteiger partial charge in [-0.25, -0.2) is 0 Å². The molecule has 0 bridgehead atoms. The highest BCUT2D eigenvalue weighted by Crippen LogP contribution is 2.10. The first kappa shape index (κ1) is 8.62. The summed E-state index contributed by atoms with van der Waals surface area (Å²) >= 11 is 0. The highest BCUT2D eigenvalue weighted by Gasteiger charge is 2.00. The molecule has 0 unspecified atom stereocenters. The first-order valence-corrected chi connectivity index (χ1v) is 4.22. The minimum atomic E-state index is 0.453. The predicted octanol–water partition coefficient (Wildman–Crippen LogP) is 1.48. The Kier molecular flexibility index (Phi) is 1.89. The van der Waals surface area contributed by atoms with E-state index < -0.39 is 0 Å². The lowest BCUT2D eigenvalue weighted by atomic mass is 10.1. The zero-order valence-corrected chi connectivity index (χ0v) is 7.68. The highest BCUT2D eigenvalue weighted by atomic mass is 16.5. The van der Waals surface area contributed by atoms with Crippen LogP contribution in [0.3, 0.4) is 0 Å². The molecule has 0 atom stereocenters. The third kappa shape index (κ3) is 1.21. The smallest absolute Gasteiger partial charge is 0.113 e. The highest BCUT2D eigenvalue weighted by molar-refractivity contribution is 5.78. The van der Waals surface area contributed by atoms with Crippen molar-refractivity contribution in [3.05, 3.63) is 41.4 Å². The van der Waals surface area contributed by atoms with Crippen molar-refractivity contribution in [2.75, 3.05) is 0 Å². The maximum absolute atomic E-state index is 9.48. The van der Waals surface area contributed by atoms with E-state index in [2.05, 4.69) is 5.16 Å². The second-order valence-electron chi connectivity index (χ2n) is 3.17. The Labute approximate surface area is 80.3 Å². The third-order valence-electron chi connectivity index (χ3n) is 2.16. The lowest BCUT2D eigenvalue weighted by Gasteiger charge is -2.04. The Morgan fingerprint density at radius 2 is 2.07 bits per heavy atom. The van der Waals surface area contributed by atoms with Crippen LogP contribution >= 0.6 is 0 Å². The normalized spacial score (nSPS) is 12.2. The van der Waals surface area contributed by atoms with E-state index in [1.165, 1.54) is 6.20 Å². The van der Waals surface area contributed by atoms with Crippen LogP contribution in [0.1, 0.15) is 5.56 Å². The lowest BCUT2D eigenvalue weighted by molar-refractivity contribution is 0.197. The molecular formula is C10H10N2O2. The summed E-state index contributed by atoms with van der Waals surface area (Å²) < 4.78 is 1.00. The van der Waals surface area contributed by atoms with Gasteiger partial charge in [-0.05, 0) is 25.1 Å². The van der Waals surface area contributed by atoms with Gasteiger partial charge < -0.3 is 10.4 Å². The van der Waals surface area contributed by atoms with E-state index in [1.54, 1.807) is 12.1 Å². The molecule has 2 N–H and O–H groups in total. The first-order valence-electron chi connectivity index (χ1n) is 4.22. The zero-order chi connectivity index (χ0) is 10.1. The molecule has 2 rings (SSSR count). The zero-order valence-electron chi connectivity index (χ0n) is 7.68. The van der Waals surface area contributed by atoms with Gasteiger partial charge in [0.2, 0.25) is 0 Å². The number of rotatable bonds is 0. The van der Waals surface area contributed by atoms with Crippen LogP contribution in [-0.2, 0) is 0 Å². The molecule has 0 aliphatic heterocycles. The molecular weight excluding hydrogens is 180 g/mol. The molecule has 0 spiro atoms. The summed E-state index contributed by atoms with van der Waals surface area (Å²) in [6.45, 7) is 1.94. The summed E-state index contributed by atoms with van der Waals surface area (Å²) in [4.78, 5) is 0. The van der Waals surface area contributed by atoms with Crippen molar-refractivity contribution in [1.29, 1.82) is 0 Å². The molecule has 0 aliphatic rings. The second-order valence-corrected chi connectivity index (χ2v) is 3.17. The molecule has 0 saturated carbocycles. The Bertz CT molecular complexity index is 543. The van der Waals surface area contributed by atoms with Gasteiger partial charge in [0, 0.05) is 11.6 Å². The number of hydrogen-bond acceptors (Lipinski definition) is 3. The van der Waals surface area contributed by atoms with Gasteiger partial charge in [-0.3, -0.25) is 0 Å². The van der Waals surface area contributed by atoms with Crippen LogP contribution in [0.25, 0.3) is 10.9 Å². The molecule has 2 aromatic rings. The molecule has 1 aromatic heterocycles. The molecule has 14 heavy (non-hydrogen) atoms. The maximum atomic E-state index is 9.48. The molecule has 1 aromatic carbocycles. The van der Waals surface area contributed by atoms with Gasteiger partial charge in [0.15, 0.2) is 0 Å². The summed E-state index contributed by atoms with van der Waals surface area (Å²) in [5.74, 6) is 0. The van der Waals surface area contributed by atoms with Crippen LogP contribution < -0.4 is 5.36 Å². The van der Waals surface area contributed by atoms with Gasteiger partial charge in [0.1, 0.15) is 5.36 Å². The summed E-state index contributed by atoms with van der Waals surface area (Å²) in [6, 6.07) is 7.06. The minimum Gasteiger partial charge on any atom is -0.428 e. The van der Waals surface area contributed by atoms with E-state index in [1.807, 2.05) is 19.1 Å². The quantitative estimate of drug-likeness (QED) is 0.375. The fourth-order valence-corrected chi connectivity index (χ4v) is 1.45. The topological polar surface area (TPSA) is 57.8 Å².